The molecule has 4 heteroatoms. The van der Waals surface area contributed by atoms with E-state index >= 15 is 0 Å². The minimum absolute atomic E-state index is 0.213. The fraction of sp³-hybridized carbons (Fsp3) is 0.545. The van der Waals surface area contributed by atoms with Gasteiger partial charge in [0.2, 0.25) is 0 Å². The van der Waals surface area contributed by atoms with Gasteiger partial charge in [0.1, 0.15) is 24.4 Å². The topological polar surface area (TPSA) is 70.1 Å². The highest BCUT2D eigenvalue weighted by molar-refractivity contribution is 6.03. The Balaban J connectivity index is 2.25. The summed E-state index contributed by atoms with van der Waals surface area (Å²) in [6.45, 7) is 3.78. The van der Waals surface area contributed by atoms with Crippen molar-refractivity contribution in [2.24, 2.45) is 0 Å². The molecule has 2 fully saturated rings. The Hall–Kier alpha value is -0.970. The normalized spacial score (nSPS) is 41.3. The number of aliphatic hydroxyl groups is 2. The molecule has 2 aliphatic rings. The van der Waals surface area contributed by atoms with Crippen molar-refractivity contribution >= 4 is 5.78 Å². The molecule has 0 bridgehead atoms. The fourth-order valence-electron chi connectivity index (χ4n) is 1.71. The van der Waals surface area contributed by atoms with Gasteiger partial charge >= 0.3 is 0 Å². The molecule has 1 aliphatic heterocycles. The van der Waals surface area contributed by atoms with Gasteiger partial charge in [-0.25, -0.2) is 0 Å². The number of rotatable bonds is 1. The molecular weight excluding hydrogens is 196 g/mol. The number of epoxide rings is 1. The van der Waals surface area contributed by atoms with Gasteiger partial charge in [-0.05, 0) is 13.8 Å². The van der Waals surface area contributed by atoms with Crippen LogP contribution in [0.4, 0.5) is 0 Å². The minimum atomic E-state index is -1.13. The van der Waals surface area contributed by atoms with Gasteiger partial charge < -0.3 is 14.9 Å². The number of fused-ring (bicyclic) bond motifs is 1. The van der Waals surface area contributed by atoms with E-state index in [4.69, 9.17) is 4.74 Å². The lowest BCUT2D eigenvalue weighted by molar-refractivity contribution is -0.119. The summed E-state index contributed by atoms with van der Waals surface area (Å²) in [5, 5.41) is 19.2. The summed E-state index contributed by atoms with van der Waals surface area (Å²) in [6.07, 6.45) is 0.146. The van der Waals surface area contributed by atoms with Crippen LogP contribution in [0.1, 0.15) is 13.8 Å². The summed E-state index contributed by atoms with van der Waals surface area (Å²) in [6, 6.07) is 0. The van der Waals surface area contributed by atoms with Crippen LogP contribution in [0.3, 0.4) is 0 Å². The molecular formula is C11H14O4. The Morgan fingerprint density at radius 2 is 2.07 bits per heavy atom. The van der Waals surface area contributed by atoms with Crippen LogP contribution in [0.15, 0.2) is 23.3 Å². The van der Waals surface area contributed by atoms with Crippen LogP contribution >= 0.6 is 0 Å². The first-order valence-electron chi connectivity index (χ1n) is 4.93. The molecule has 1 saturated carbocycles. The average molecular weight is 210 g/mol. The van der Waals surface area contributed by atoms with Gasteiger partial charge in [0.15, 0.2) is 5.78 Å². The predicted octanol–water partition coefficient (Wildman–Crippen LogP) is -0.0491. The van der Waals surface area contributed by atoms with Gasteiger partial charge in [0, 0.05) is 5.57 Å². The van der Waals surface area contributed by atoms with Gasteiger partial charge in [-0.15, -0.1) is 0 Å². The standard InChI is InChI=1S/C11H14O4/c1-5(2)3-4-6-7(12)9(14)11-10(15-11)8(6)13/h3-4,7,9-12,14H,1-2H3/b6-4+/t7-,9-,10+,11-/m0/s1. The highest BCUT2D eigenvalue weighted by atomic mass is 16.6. The van der Waals surface area contributed by atoms with E-state index in [1.807, 2.05) is 13.8 Å². The highest BCUT2D eigenvalue weighted by Crippen LogP contribution is 2.37. The van der Waals surface area contributed by atoms with Crippen molar-refractivity contribution in [3.63, 3.8) is 0 Å². The summed E-state index contributed by atoms with van der Waals surface area (Å²) in [7, 11) is 0. The highest BCUT2D eigenvalue weighted by Gasteiger charge is 2.57. The number of carbonyl (C=O) groups excluding carboxylic acids is 1. The number of Topliss-reactive ketones (excluding diaryl/α,β-unsaturated/α-hetero) is 1. The summed E-state index contributed by atoms with van der Waals surface area (Å²) in [5.41, 5.74) is 1.26. The number of ketones is 1. The Morgan fingerprint density at radius 3 is 2.67 bits per heavy atom. The van der Waals surface area contributed by atoms with Crippen molar-refractivity contribution in [2.75, 3.05) is 0 Å². The number of hydrogen-bond donors (Lipinski definition) is 2. The van der Waals surface area contributed by atoms with E-state index in [0.29, 0.717) is 0 Å². The van der Waals surface area contributed by atoms with Crippen molar-refractivity contribution in [3.05, 3.63) is 23.3 Å². The summed E-state index contributed by atoms with van der Waals surface area (Å²) in [5.74, 6) is -0.213. The predicted molar refractivity (Wildman–Crippen MR) is 53.2 cm³/mol. The molecule has 1 heterocycles. The van der Waals surface area contributed by atoms with E-state index in [0.717, 1.165) is 5.57 Å². The number of allylic oxidation sites excluding steroid dienone is 3. The Bertz CT molecular complexity index is 352. The molecule has 0 aromatic rings. The second-order valence-corrected chi connectivity index (χ2v) is 4.19. The zero-order chi connectivity index (χ0) is 11.2. The first kappa shape index (κ1) is 10.5. The number of aliphatic hydroxyl groups excluding tert-OH is 2. The van der Waals surface area contributed by atoms with Crippen molar-refractivity contribution in [2.45, 2.75) is 38.3 Å². The van der Waals surface area contributed by atoms with Crippen LogP contribution in [0, 0.1) is 0 Å². The van der Waals surface area contributed by atoms with E-state index in [9.17, 15) is 15.0 Å². The molecule has 1 aliphatic carbocycles. The molecule has 2 rings (SSSR count). The molecule has 1 saturated heterocycles. The number of ether oxygens (including phenoxy) is 1. The van der Waals surface area contributed by atoms with Gasteiger partial charge in [-0.3, -0.25) is 4.79 Å². The number of carbonyl (C=O) groups is 1. The third-order valence-corrected chi connectivity index (χ3v) is 2.64. The molecule has 2 N–H and O–H groups in total. The van der Waals surface area contributed by atoms with Crippen LogP contribution < -0.4 is 0 Å². The van der Waals surface area contributed by atoms with Crippen LogP contribution in [0.2, 0.25) is 0 Å². The maximum atomic E-state index is 11.6. The summed E-state index contributed by atoms with van der Waals surface area (Å²) in [4.78, 5) is 11.6. The van der Waals surface area contributed by atoms with Crippen LogP contribution in [0.5, 0.6) is 0 Å². The lowest BCUT2D eigenvalue weighted by Crippen LogP contribution is -2.42. The van der Waals surface area contributed by atoms with Crippen molar-refractivity contribution in [1.29, 1.82) is 0 Å². The molecule has 15 heavy (non-hydrogen) atoms. The monoisotopic (exact) mass is 210 g/mol. The Labute approximate surface area is 87.9 Å². The van der Waals surface area contributed by atoms with Crippen LogP contribution in [0.25, 0.3) is 0 Å². The molecule has 4 nitrogen and oxygen atoms in total. The van der Waals surface area contributed by atoms with Gasteiger partial charge in [0.25, 0.3) is 0 Å². The molecule has 82 valence electrons. The van der Waals surface area contributed by atoms with E-state index in [-0.39, 0.29) is 11.4 Å². The molecule has 0 aromatic carbocycles. The largest absolute Gasteiger partial charge is 0.387 e. The smallest absolute Gasteiger partial charge is 0.193 e. The molecule has 0 radical (unpaired) electrons. The lowest BCUT2D eigenvalue weighted by Gasteiger charge is -2.21. The minimum Gasteiger partial charge on any atom is -0.387 e. The SMILES string of the molecule is CC(C)=C/C=C1/C(=O)[C@H]2O[C@H]2[C@@H](O)[C@H]1O. The first-order valence-corrected chi connectivity index (χ1v) is 4.93. The van der Waals surface area contributed by atoms with E-state index in [2.05, 4.69) is 0 Å². The zero-order valence-corrected chi connectivity index (χ0v) is 8.68. The van der Waals surface area contributed by atoms with Crippen molar-refractivity contribution < 1.29 is 19.7 Å². The van der Waals surface area contributed by atoms with Gasteiger partial charge in [-0.2, -0.15) is 0 Å². The first-order chi connectivity index (χ1) is 7.02. The van der Waals surface area contributed by atoms with E-state index in [1.165, 1.54) is 0 Å². The van der Waals surface area contributed by atoms with Crippen LogP contribution in [-0.2, 0) is 9.53 Å². The van der Waals surface area contributed by atoms with Crippen molar-refractivity contribution in [3.8, 4) is 0 Å². The third kappa shape index (κ3) is 1.76. The maximum absolute atomic E-state index is 11.6. The van der Waals surface area contributed by atoms with E-state index < -0.39 is 24.4 Å². The summed E-state index contributed by atoms with van der Waals surface area (Å²) >= 11 is 0. The number of hydrogen-bond acceptors (Lipinski definition) is 4. The molecule has 4 atom stereocenters. The average Bonchev–Trinajstić information content (AvgIpc) is 2.94. The van der Waals surface area contributed by atoms with Gasteiger partial charge in [-0.1, -0.05) is 17.7 Å². The molecule has 0 spiro atoms. The molecule has 0 aromatic heterocycles. The molecule has 0 unspecified atom stereocenters. The fourth-order valence-corrected chi connectivity index (χ4v) is 1.71. The Morgan fingerprint density at radius 1 is 1.40 bits per heavy atom. The second-order valence-electron chi connectivity index (χ2n) is 4.19. The van der Waals surface area contributed by atoms with Crippen molar-refractivity contribution in [1.82, 2.24) is 0 Å². The quantitative estimate of drug-likeness (QED) is 0.470. The second kappa shape index (κ2) is 3.56. The van der Waals surface area contributed by atoms with E-state index in [1.54, 1.807) is 12.2 Å². The zero-order valence-electron chi connectivity index (χ0n) is 8.68. The molecule has 0 amide bonds. The Kier molecular flexibility index (Phi) is 2.50. The van der Waals surface area contributed by atoms with Crippen LogP contribution in [-0.4, -0.2) is 40.4 Å². The lowest BCUT2D eigenvalue weighted by atomic mass is 9.88. The third-order valence-electron chi connectivity index (χ3n) is 2.64. The maximum Gasteiger partial charge on any atom is 0.193 e. The van der Waals surface area contributed by atoms with Gasteiger partial charge in [0.05, 0.1) is 0 Å². The summed E-state index contributed by atoms with van der Waals surface area (Å²) < 4.78 is 4.99.